The second-order valence-electron chi connectivity index (χ2n) is 8.29. The number of carbonyl (C=O) groups is 1. The molecule has 0 spiro atoms. The molecule has 3 heteroatoms. The zero-order valence-electron chi connectivity index (χ0n) is 14.4. The molecule has 2 atom stereocenters. The molecule has 3 aliphatic rings. The maximum atomic E-state index is 12.4. The molecule has 3 rings (SSSR count). The van der Waals surface area contributed by atoms with Crippen molar-refractivity contribution >= 4 is 5.91 Å². The monoisotopic (exact) mass is 306 g/mol. The van der Waals surface area contributed by atoms with Crippen LogP contribution < -0.4 is 5.73 Å². The van der Waals surface area contributed by atoms with Gasteiger partial charge < -0.3 is 5.73 Å². The van der Waals surface area contributed by atoms with Crippen LogP contribution >= 0.6 is 0 Å². The van der Waals surface area contributed by atoms with Gasteiger partial charge in [-0.1, -0.05) is 45.4 Å². The van der Waals surface area contributed by atoms with E-state index in [1.807, 2.05) is 0 Å². The average Bonchev–Trinajstić information content (AvgIpc) is 2.56. The molecule has 22 heavy (non-hydrogen) atoms. The second-order valence-corrected chi connectivity index (χ2v) is 8.29. The Kier molecular flexibility index (Phi) is 4.82. The molecule has 2 saturated carbocycles. The van der Waals surface area contributed by atoms with E-state index in [1.54, 1.807) is 0 Å². The highest BCUT2D eigenvalue weighted by atomic mass is 16.1. The molecule has 2 unspecified atom stereocenters. The first-order valence-corrected chi connectivity index (χ1v) is 9.65. The first kappa shape index (κ1) is 16.3. The molecule has 2 aliphatic carbocycles. The van der Waals surface area contributed by atoms with E-state index < -0.39 is 0 Å². The van der Waals surface area contributed by atoms with Crippen LogP contribution in [0.25, 0.3) is 0 Å². The van der Waals surface area contributed by atoms with Gasteiger partial charge in [-0.3, -0.25) is 9.69 Å². The molecule has 126 valence electrons. The van der Waals surface area contributed by atoms with Crippen molar-refractivity contribution in [2.24, 2.45) is 17.1 Å². The Morgan fingerprint density at radius 3 is 2.14 bits per heavy atom. The van der Waals surface area contributed by atoms with Gasteiger partial charge in [0.05, 0.1) is 5.41 Å². The van der Waals surface area contributed by atoms with E-state index in [9.17, 15) is 4.79 Å². The summed E-state index contributed by atoms with van der Waals surface area (Å²) >= 11 is 0. The number of hydrogen-bond acceptors (Lipinski definition) is 2. The van der Waals surface area contributed by atoms with Gasteiger partial charge in [0.1, 0.15) is 0 Å². The first-order chi connectivity index (χ1) is 10.6. The van der Waals surface area contributed by atoms with Crippen LogP contribution in [0.2, 0.25) is 0 Å². The summed E-state index contributed by atoms with van der Waals surface area (Å²) in [5.74, 6) is 0.434. The highest BCUT2D eigenvalue weighted by molar-refractivity contribution is 5.81. The van der Waals surface area contributed by atoms with E-state index in [1.165, 1.54) is 83.7 Å². The number of nitrogens with two attached hydrogens (primary N) is 1. The van der Waals surface area contributed by atoms with Crippen molar-refractivity contribution in [2.75, 3.05) is 13.1 Å². The third-order valence-electron chi connectivity index (χ3n) is 7.12. The minimum Gasteiger partial charge on any atom is -0.369 e. The molecule has 0 aromatic rings. The molecule has 1 saturated heterocycles. The summed E-state index contributed by atoms with van der Waals surface area (Å²) in [6.45, 7) is 4.66. The predicted molar refractivity (Wildman–Crippen MR) is 90.5 cm³/mol. The number of rotatable bonds is 3. The summed E-state index contributed by atoms with van der Waals surface area (Å²) in [4.78, 5) is 15.2. The van der Waals surface area contributed by atoms with E-state index >= 15 is 0 Å². The standard InChI is InChI=1S/C19H34N2O/c1-18(17(20)22)11-7-4-10-16(18)19(12-5-2-6-13-19)21-14-8-3-9-15-21/h16H,2-15H2,1H3,(H2,20,22). The van der Waals surface area contributed by atoms with Crippen molar-refractivity contribution in [1.29, 1.82) is 0 Å². The van der Waals surface area contributed by atoms with Gasteiger partial charge in [0.25, 0.3) is 0 Å². The Labute approximate surface area is 136 Å². The van der Waals surface area contributed by atoms with E-state index in [0.717, 1.165) is 6.42 Å². The zero-order chi connectivity index (χ0) is 15.6. The van der Waals surface area contributed by atoms with Gasteiger partial charge in [0.2, 0.25) is 5.91 Å². The molecule has 1 heterocycles. The third kappa shape index (κ3) is 2.70. The summed E-state index contributed by atoms with van der Waals surface area (Å²) < 4.78 is 0. The molecule has 3 nitrogen and oxygen atoms in total. The van der Waals surface area contributed by atoms with E-state index in [2.05, 4.69) is 11.8 Å². The second kappa shape index (κ2) is 6.51. The number of carbonyl (C=O) groups excluding carboxylic acids is 1. The highest BCUT2D eigenvalue weighted by Crippen LogP contribution is 2.53. The maximum absolute atomic E-state index is 12.4. The fraction of sp³-hybridized carbons (Fsp3) is 0.947. The maximum Gasteiger partial charge on any atom is 0.223 e. The first-order valence-electron chi connectivity index (χ1n) is 9.65. The Morgan fingerprint density at radius 1 is 0.909 bits per heavy atom. The largest absolute Gasteiger partial charge is 0.369 e. The number of hydrogen-bond donors (Lipinski definition) is 1. The summed E-state index contributed by atoms with van der Waals surface area (Å²) in [6, 6.07) is 0. The van der Waals surface area contributed by atoms with Crippen molar-refractivity contribution in [3.05, 3.63) is 0 Å². The SMILES string of the molecule is CC1(C(N)=O)CCCCC1C1(N2CCCCC2)CCCCC1. The van der Waals surface area contributed by atoms with Crippen LogP contribution in [0.5, 0.6) is 0 Å². The molecule has 1 aliphatic heterocycles. The summed E-state index contributed by atoms with van der Waals surface area (Å²) in [5, 5.41) is 0. The van der Waals surface area contributed by atoms with Gasteiger partial charge in [-0.15, -0.1) is 0 Å². The van der Waals surface area contributed by atoms with Crippen LogP contribution in [0.1, 0.15) is 84.0 Å². The van der Waals surface area contributed by atoms with Gasteiger partial charge in [-0.05, 0) is 57.5 Å². The third-order valence-corrected chi connectivity index (χ3v) is 7.12. The Morgan fingerprint density at radius 2 is 1.50 bits per heavy atom. The fourth-order valence-corrected chi connectivity index (χ4v) is 5.88. The van der Waals surface area contributed by atoms with E-state index in [0.29, 0.717) is 5.92 Å². The van der Waals surface area contributed by atoms with Crippen LogP contribution in [0.15, 0.2) is 0 Å². The predicted octanol–water partition coefficient (Wildman–Crippen LogP) is 3.86. The van der Waals surface area contributed by atoms with Crippen LogP contribution in [-0.4, -0.2) is 29.4 Å². The molecule has 1 amide bonds. The quantitative estimate of drug-likeness (QED) is 0.860. The molecule has 0 bridgehead atoms. The minimum atomic E-state index is -0.285. The summed E-state index contributed by atoms with van der Waals surface area (Å²) in [5.41, 5.74) is 5.91. The van der Waals surface area contributed by atoms with E-state index in [4.69, 9.17) is 5.73 Å². The van der Waals surface area contributed by atoms with Gasteiger partial charge in [0, 0.05) is 5.54 Å². The van der Waals surface area contributed by atoms with Crippen LogP contribution in [0, 0.1) is 11.3 Å². The summed E-state index contributed by atoms with van der Waals surface area (Å²) in [6.07, 6.45) is 15.3. The lowest BCUT2D eigenvalue weighted by Crippen LogP contribution is -2.63. The lowest BCUT2D eigenvalue weighted by atomic mass is 9.55. The topological polar surface area (TPSA) is 46.3 Å². The van der Waals surface area contributed by atoms with Crippen molar-refractivity contribution in [1.82, 2.24) is 4.90 Å². The van der Waals surface area contributed by atoms with Crippen LogP contribution in [-0.2, 0) is 4.79 Å². The Bertz CT molecular complexity index is 396. The zero-order valence-corrected chi connectivity index (χ0v) is 14.4. The normalized spacial score (nSPS) is 36.9. The van der Waals surface area contributed by atoms with Gasteiger partial charge in [-0.25, -0.2) is 0 Å². The molecule has 0 aromatic heterocycles. The molecular weight excluding hydrogens is 272 g/mol. The smallest absolute Gasteiger partial charge is 0.223 e. The minimum absolute atomic E-state index is 0.0424. The van der Waals surface area contributed by atoms with Crippen LogP contribution in [0.3, 0.4) is 0 Å². The molecule has 2 N–H and O–H groups in total. The lowest BCUT2D eigenvalue weighted by Gasteiger charge is -2.58. The number of piperidine rings is 1. The van der Waals surface area contributed by atoms with Gasteiger partial charge in [0.15, 0.2) is 0 Å². The highest BCUT2D eigenvalue weighted by Gasteiger charge is 2.54. The molecule has 0 aromatic carbocycles. The average molecular weight is 306 g/mol. The Hall–Kier alpha value is -0.570. The molecule has 0 radical (unpaired) electrons. The van der Waals surface area contributed by atoms with Crippen molar-refractivity contribution < 1.29 is 4.79 Å². The summed E-state index contributed by atoms with van der Waals surface area (Å²) in [7, 11) is 0. The number of amides is 1. The lowest BCUT2D eigenvalue weighted by molar-refractivity contribution is -0.142. The van der Waals surface area contributed by atoms with Crippen molar-refractivity contribution in [3.8, 4) is 0 Å². The van der Waals surface area contributed by atoms with E-state index in [-0.39, 0.29) is 16.9 Å². The molecule has 3 fully saturated rings. The van der Waals surface area contributed by atoms with Crippen molar-refractivity contribution in [2.45, 2.75) is 89.5 Å². The number of nitrogens with zero attached hydrogens (tertiary/aromatic N) is 1. The Balaban J connectivity index is 1.94. The van der Waals surface area contributed by atoms with Gasteiger partial charge in [-0.2, -0.15) is 0 Å². The van der Waals surface area contributed by atoms with Crippen molar-refractivity contribution in [3.63, 3.8) is 0 Å². The molecular formula is C19H34N2O. The fourth-order valence-electron chi connectivity index (χ4n) is 5.88. The van der Waals surface area contributed by atoms with Crippen LogP contribution in [0.4, 0.5) is 0 Å². The number of likely N-dealkylation sites (tertiary alicyclic amines) is 1. The van der Waals surface area contributed by atoms with Gasteiger partial charge >= 0.3 is 0 Å². The number of primary amides is 1.